The van der Waals surface area contributed by atoms with Gasteiger partial charge >= 0.3 is 0 Å². The van der Waals surface area contributed by atoms with E-state index < -0.39 is 20.6 Å². The van der Waals surface area contributed by atoms with Crippen LogP contribution in [0.15, 0.2) is 0 Å². The largest absolute Gasteiger partial charge is 0.496 e. The Kier molecular flexibility index (Phi) is 63.0. The molecule has 3 aliphatic carbocycles. The number of rotatable bonds is 13. The first-order valence-electron chi connectivity index (χ1n) is 15.5. The minimum absolute atomic E-state index is 0. The van der Waals surface area contributed by atoms with E-state index in [-0.39, 0.29) is 48.1 Å². The smallest absolute Gasteiger partial charge is 0.171 e. The van der Waals surface area contributed by atoms with Crippen LogP contribution >= 0.6 is 103 Å². The number of hydrogen-bond acceptors (Lipinski definition) is 7. The van der Waals surface area contributed by atoms with Crippen molar-refractivity contribution < 1.29 is 71.9 Å². The zero-order valence-corrected chi connectivity index (χ0v) is 43.3. The number of hydrogen-bond donors (Lipinski definition) is 1. The van der Waals surface area contributed by atoms with E-state index >= 15 is 0 Å². The van der Waals surface area contributed by atoms with Crippen LogP contribution in [0.2, 0.25) is 0 Å². The molecule has 0 aliphatic heterocycles. The summed E-state index contributed by atoms with van der Waals surface area (Å²) >= 11 is 9.97. The molecule has 1 unspecified atom stereocenters. The molecule has 3 fully saturated rings. The number of thioether (sulfide) groups is 1. The molecule has 1 atom stereocenters. The molecule has 290 valence electrons. The van der Waals surface area contributed by atoms with Gasteiger partial charge < -0.3 is 19.1 Å². The van der Waals surface area contributed by atoms with Crippen LogP contribution in [0.5, 0.6) is 0 Å². The van der Waals surface area contributed by atoms with Gasteiger partial charge in [0.05, 0.1) is 28.8 Å². The molecule has 17 heteroatoms. The third-order valence-electron chi connectivity index (χ3n) is 8.03. The first kappa shape index (κ1) is 66.2. The van der Waals surface area contributed by atoms with Gasteiger partial charge in [0.15, 0.2) is 2.12 Å². The fourth-order valence-electron chi connectivity index (χ4n) is 5.17. The van der Waals surface area contributed by atoms with E-state index in [1.54, 1.807) is 29.9 Å². The van der Waals surface area contributed by atoms with Gasteiger partial charge in [-0.2, -0.15) is 11.8 Å². The van der Waals surface area contributed by atoms with Gasteiger partial charge in [-0.05, 0) is 131 Å². The molecule has 0 bridgehead atoms. The van der Waals surface area contributed by atoms with Crippen molar-refractivity contribution in [1.82, 2.24) is 0 Å². The monoisotopic (exact) mass is 1260 g/mol. The Labute approximate surface area is 376 Å². The summed E-state index contributed by atoms with van der Waals surface area (Å²) < 4.78 is 42.5. The van der Waals surface area contributed by atoms with Crippen molar-refractivity contribution in [2.24, 2.45) is 35.5 Å². The van der Waals surface area contributed by atoms with Crippen molar-refractivity contribution >= 4 is 124 Å². The van der Waals surface area contributed by atoms with Crippen LogP contribution in [-0.2, 0) is 63.9 Å². The van der Waals surface area contributed by atoms with E-state index in [0.717, 1.165) is 61.0 Å². The van der Waals surface area contributed by atoms with E-state index in [9.17, 15) is 12.6 Å². The molecule has 0 saturated heterocycles. The molecule has 3 rings (SSSR count). The predicted molar refractivity (Wildman–Crippen MR) is 233 cm³/mol. The SMILES string of the molecule is CCC1CC(CS(=O)(=O)CC)C1.CCC1CC(CS(=O)CC)C1.CCSCC1CC(CC)C1.CO.IOC(I)I.O.O.[CH2-]OI.[V].[V]. The Morgan fingerprint density at radius 3 is 1.40 bits per heavy atom. The van der Waals surface area contributed by atoms with Gasteiger partial charge in [0.2, 0.25) is 0 Å². The molecule has 0 spiro atoms. The second-order valence-corrected chi connectivity index (χ2v) is 22.3. The first-order chi connectivity index (χ1) is 20.4. The van der Waals surface area contributed by atoms with Gasteiger partial charge in [-0.3, -0.25) is 7.28 Å². The number of aliphatic hydroxyl groups excluding tert-OH is 1. The third-order valence-corrected chi connectivity index (χ3v) is 15.5. The summed E-state index contributed by atoms with van der Waals surface area (Å²) in [7, 11) is 0.739. The average Bonchev–Trinajstić information content (AvgIpc) is 2.94. The van der Waals surface area contributed by atoms with E-state index in [4.69, 9.17) is 8.17 Å². The Bertz CT molecular complexity index is 731. The maximum Gasteiger partial charge on any atom is 0.171 e. The average molecular weight is 1260 g/mol. The van der Waals surface area contributed by atoms with Gasteiger partial charge in [0, 0.05) is 72.3 Å². The zero-order chi connectivity index (χ0) is 33.8. The number of alkyl halides is 2. The molecule has 0 aromatic carbocycles. The topological polar surface area (TPSA) is 153 Å². The van der Waals surface area contributed by atoms with Gasteiger partial charge in [-0.25, -0.2) is 15.5 Å². The molecule has 0 amide bonds. The summed E-state index contributed by atoms with van der Waals surface area (Å²) in [4.78, 5) is 0. The number of halogens is 4. The minimum atomic E-state index is -2.71. The van der Waals surface area contributed by atoms with Crippen molar-refractivity contribution in [2.45, 2.75) is 101 Å². The van der Waals surface area contributed by atoms with Gasteiger partial charge in [-0.15, -0.1) is 0 Å². The minimum Gasteiger partial charge on any atom is -0.496 e. The Morgan fingerprint density at radius 1 is 0.787 bits per heavy atom. The summed E-state index contributed by atoms with van der Waals surface area (Å²) in [6.07, 6.45) is 11.9. The summed E-state index contributed by atoms with van der Waals surface area (Å²) in [6, 6.07) is 0. The summed E-state index contributed by atoms with van der Waals surface area (Å²) in [5.41, 5.74) is 0. The second-order valence-electron chi connectivity index (χ2n) is 11.0. The third kappa shape index (κ3) is 39.8. The molecule has 0 aromatic heterocycles. The molecular formula is C30H65I4O8S3V2-. The van der Waals surface area contributed by atoms with Crippen molar-refractivity contribution in [3.05, 3.63) is 7.11 Å². The Morgan fingerprint density at radius 2 is 1.13 bits per heavy atom. The zero-order valence-electron chi connectivity index (χ0n) is 29.5. The molecule has 0 aromatic rings. The fraction of sp³-hybridized carbons (Fsp3) is 0.967. The molecule has 47 heavy (non-hydrogen) atoms. The summed E-state index contributed by atoms with van der Waals surface area (Å²) in [5, 5.41) is 7.00. The maximum absolute atomic E-state index is 11.2. The molecule has 3 aliphatic rings. The summed E-state index contributed by atoms with van der Waals surface area (Å²) in [6.45, 7) is 12.7. The first-order valence-corrected chi connectivity index (χ1v) is 24.3. The van der Waals surface area contributed by atoms with Gasteiger partial charge in [0.1, 0.15) is 32.8 Å². The quantitative estimate of drug-likeness (QED) is 0.110. The molecule has 3 saturated carbocycles. The Hall–Kier alpha value is 4.34. The Balaban J connectivity index is -0.0000000865. The van der Waals surface area contributed by atoms with E-state index in [1.807, 2.05) is 29.9 Å². The van der Waals surface area contributed by atoms with Crippen LogP contribution in [0.4, 0.5) is 0 Å². The second kappa shape index (κ2) is 44.7. The number of sulfone groups is 1. The van der Waals surface area contributed by atoms with Crippen LogP contribution in [-0.4, -0.2) is 72.4 Å². The van der Waals surface area contributed by atoms with Crippen LogP contribution in [0.1, 0.15) is 99.3 Å². The molecular weight excluding hydrogens is 1190 g/mol. The molecule has 0 heterocycles. The van der Waals surface area contributed by atoms with E-state index in [0.29, 0.717) is 19.5 Å². The summed E-state index contributed by atoms with van der Waals surface area (Å²) in [5.74, 6) is 10.5. The molecule has 8 nitrogen and oxygen atoms in total. The standard InChI is InChI=1S/C9H18O2S.C9H18OS.C9H18S.CHI3O.CH2IO.CH4O.2H2O.2V/c1-3-8-5-9(6-8)7-12(10,11)4-2;1-3-8-5-9(6-8)7-11(10)4-2;1-3-8-5-9(6-8)7-10-4-2;2-1(3)5-4;1-3-2;1-2;;;;/h8-9H,3-7H2,1-2H3;8-9H,3-7H2,1-2H3;8-9H,3-7H2,1-2H3;1H;1H2;2H,1H3;2*1H2;;/q;;;;-1;;;;;. The van der Waals surface area contributed by atoms with Crippen LogP contribution in [0.3, 0.4) is 0 Å². The molecule has 5 N–H and O–H groups in total. The maximum atomic E-state index is 11.2. The predicted octanol–water partition coefficient (Wildman–Crippen LogP) is 8.83. The van der Waals surface area contributed by atoms with Crippen molar-refractivity contribution in [2.75, 3.05) is 41.6 Å². The van der Waals surface area contributed by atoms with Crippen molar-refractivity contribution in [3.63, 3.8) is 0 Å². The van der Waals surface area contributed by atoms with Gasteiger partial charge in [0.25, 0.3) is 0 Å². The van der Waals surface area contributed by atoms with Crippen molar-refractivity contribution in [1.29, 1.82) is 0 Å². The van der Waals surface area contributed by atoms with Crippen LogP contribution in [0.25, 0.3) is 0 Å². The van der Waals surface area contributed by atoms with Crippen LogP contribution < -0.4 is 0 Å². The van der Waals surface area contributed by atoms with E-state index in [1.165, 1.54) is 56.5 Å². The molecule has 2 radical (unpaired) electrons. The van der Waals surface area contributed by atoms with Crippen LogP contribution in [0, 0.1) is 42.6 Å². The number of aliphatic hydroxyl groups is 1. The van der Waals surface area contributed by atoms with Gasteiger partial charge in [-0.1, -0.05) is 60.8 Å². The van der Waals surface area contributed by atoms with Crippen molar-refractivity contribution in [3.8, 4) is 0 Å². The van der Waals surface area contributed by atoms with E-state index in [2.05, 4.69) is 94.8 Å². The normalized spacial score (nSPS) is 23.6. The fourth-order valence-corrected chi connectivity index (χ4v) is 8.27.